The molecule has 58 valence electrons. The zero-order chi connectivity index (χ0) is 8.20. The maximum Gasteiger partial charge on any atom is 0.0468 e. The van der Waals surface area contributed by atoms with Gasteiger partial charge in [-0.1, -0.05) is 32.1 Å². The third-order valence-corrected chi connectivity index (χ3v) is 1.84. The highest BCUT2D eigenvalue weighted by atomic mass is 16.2. The van der Waals surface area contributed by atoms with Crippen LogP contribution in [0.5, 0.6) is 0 Å². The van der Waals surface area contributed by atoms with E-state index in [-0.39, 0.29) is 12.0 Å². The van der Waals surface area contributed by atoms with Crippen molar-refractivity contribution in [3.05, 3.63) is 24.8 Å². The molecule has 1 heteroatoms. The fourth-order valence-electron chi connectivity index (χ4n) is 0.601. The third kappa shape index (κ3) is 2.36. The zero-order valence-corrected chi connectivity index (χ0v) is 6.85. The topological polar surface area (TPSA) is 20.2 Å². The molecule has 0 aliphatic carbocycles. The molecule has 0 saturated carbocycles. The van der Waals surface area contributed by atoms with Crippen LogP contribution in [0.15, 0.2) is 24.8 Å². The molecule has 0 radical (unpaired) electrons. The largest absolute Gasteiger partial charge is 0.396 e. The molecule has 0 aromatic carbocycles. The molecule has 0 amide bonds. The van der Waals surface area contributed by atoms with E-state index >= 15 is 0 Å². The summed E-state index contributed by atoms with van der Waals surface area (Å²) in [7, 11) is 0. The predicted octanol–water partition coefficient (Wildman–Crippen LogP) is 2.14. The van der Waals surface area contributed by atoms with Gasteiger partial charge in [0.25, 0.3) is 0 Å². The summed E-state index contributed by atoms with van der Waals surface area (Å²) in [5, 5.41) is 8.60. The Hall–Kier alpha value is -0.560. The molecule has 0 aliphatic heterocycles. The van der Waals surface area contributed by atoms with Crippen LogP contribution in [-0.4, -0.2) is 11.7 Å². The van der Waals surface area contributed by atoms with Gasteiger partial charge in [0.15, 0.2) is 0 Å². The van der Waals surface area contributed by atoms with Crippen LogP contribution in [0.25, 0.3) is 0 Å². The second-order valence-electron chi connectivity index (χ2n) is 3.00. The molecule has 0 saturated heterocycles. The molecule has 0 unspecified atom stereocenters. The van der Waals surface area contributed by atoms with E-state index in [1.807, 2.05) is 19.9 Å². The number of aliphatic hydroxyl groups is 1. The van der Waals surface area contributed by atoms with Gasteiger partial charge in [0, 0.05) is 12.0 Å². The molecule has 0 aromatic rings. The summed E-state index contributed by atoms with van der Waals surface area (Å²) in [5.74, 6) is 0. The van der Waals surface area contributed by atoms with E-state index in [1.54, 1.807) is 0 Å². The molecule has 0 atom stereocenters. The fraction of sp³-hybridized carbons (Fsp3) is 0.556. The summed E-state index contributed by atoms with van der Waals surface area (Å²) >= 11 is 0. The first kappa shape index (κ1) is 9.44. The standard InChI is InChI=1S/C9H16O/c1-5-9(3,4)8(2)6-7-10/h5,10H,1-2,6-7H2,3-4H3. The SMILES string of the molecule is C=CC(C)(C)C(=C)CCO. The van der Waals surface area contributed by atoms with Crippen molar-refractivity contribution in [3.63, 3.8) is 0 Å². The Kier molecular flexibility index (Phi) is 3.37. The van der Waals surface area contributed by atoms with Crippen molar-refractivity contribution in [2.75, 3.05) is 6.61 Å². The van der Waals surface area contributed by atoms with Crippen molar-refractivity contribution >= 4 is 0 Å². The summed E-state index contributed by atoms with van der Waals surface area (Å²) in [5.41, 5.74) is 0.993. The van der Waals surface area contributed by atoms with Gasteiger partial charge in [-0.15, -0.1) is 6.58 Å². The van der Waals surface area contributed by atoms with Gasteiger partial charge < -0.3 is 5.11 Å². The second-order valence-corrected chi connectivity index (χ2v) is 3.00. The Morgan fingerprint density at radius 1 is 1.60 bits per heavy atom. The van der Waals surface area contributed by atoms with Gasteiger partial charge in [0.2, 0.25) is 0 Å². The van der Waals surface area contributed by atoms with Crippen molar-refractivity contribution in [2.45, 2.75) is 20.3 Å². The molecule has 0 bridgehead atoms. The summed E-state index contributed by atoms with van der Waals surface area (Å²) < 4.78 is 0. The van der Waals surface area contributed by atoms with Crippen LogP contribution in [0.4, 0.5) is 0 Å². The summed E-state index contributed by atoms with van der Waals surface area (Å²) in [6.45, 7) is 11.8. The number of hydrogen-bond donors (Lipinski definition) is 1. The minimum Gasteiger partial charge on any atom is -0.396 e. The smallest absolute Gasteiger partial charge is 0.0468 e. The van der Waals surface area contributed by atoms with Crippen molar-refractivity contribution in [1.29, 1.82) is 0 Å². The van der Waals surface area contributed by atoms with Gasteiger partial charge in [-0.2, -0.15) is 0 Å². The highest BCUT2D eigenvalue weighted by Gasteiger charge is 2.15. The average Bonchev–Trinajstić information content (AvgIpc) is 1.89. The lowest BCUT2D eigenvalue weighted by atomic mass is 9.84. The highest BCUT2D eigenvalue weighted by molar-refractivity contribution is 5.14. The fourth-order valence-corrected chi connectivity index (χ4v) is 0.601. The normalized spacial score (nSPS) is 11.1. The van der Waals surface area contributed by atoms with Crippen molar-refractivity contribution in [1.82, 2.24) is 0 Å². The quantitative estimate of drug-likeness (QED) is 0.593. The minimum absolute atomic E-state index is 0.0390. The Morgan fingerprint density at radius 2 is 2.10 bits per heavy atom. The molecule has 0 heterocycles. The van der Waals surface area contributed by atoms with E-state index in [4.69, 9.17) is 5.11 Å². The monoisotopic (exact) mass is 140 g/mol. The Balaban J connectivity index is 4.04. The molecule has 0 spiro atoms. The van der Waals surface area contributed by atoms with E-state index in [9.17, 15) is 0 Å². The van der Waals surface area contributed by atoms with Crippen LogP contribution >= 0.6 is 0 Å². The molecule has 0 fully saturated rings. The van der Waals surface area contributed by atoms with Crippen LogP contribution in [0, 0.1) is 5.41 Å². The van der Waals surface area contributed by atoms with Crippen molar-refractivity contribution in [3.8, 4) is 0 Å². The minimum atomic E-state index is -0.0390. The second kappa shape index (κ2) is 3.57. The molecule has 0 aliphatic rings. The Bertz CT molecular complexity index is 134. The average molecular weight is 140 g/mol. The van der Waals surface area contributed by atoms with E-state index in [1.165, 1.54) is 0 Å². The summed E-state index contributed by atoms with van der Waals surface area (Å²) in [6, 6.07) is 0. The highest BCUT2D eigenvalue weighted by Crippen LogP contribution is 2.27. The van der Waals surface area contributed by atoms with Crippen LogP contribution in [-0.2, 0) is 0 Å². The molecular formula is C9H16O. The van der Waals surface area contributed by atoms with Crippen LogP contribution < -0.4 is 0 Å². The lowest BCUT2D eigenvalue weighted by Crippen LogP contribution is -2.10. The Morgan fingerprint density at radius 3 is 2.40 bits per heavy atom. The molecule has 1 nitrogen and oxygen atoms in total. The summed E-state index contributed by atoms with van der Waals surface area (Å²) in [4.78, 5) is 0. The van der Waals surface area contributed by atoms with Crippen LogP contribution in [0.1, 0.15) is 20.3 Å². The Labute approximate surface area is 63.1 Å². The first-order valence-electron chi connectivity index (χ1n) is 3.47. The van der Waals surface area contributed by atoms with Gasteiger partial charge in [0.05, 0.1) is 0 Å². The molecule has 10 heavy (non-hydrogen) atoms. The van der Waals surface area contributed by atoms with E-state index in [0.717, 1.165) is 5.57 Å². The molecule has 0 aromatic heterocycles. The number of aliphatic hydroxyl groups excluding tert-OH is 1. The maximum absolute atomic E-state index is 8.60. The molecule has 1 N–H and O–H groups in total. The first-order chi connectivity index (χ1) is 4.54. The third-order valence-electron chi connectivity index (χ3n) is 1.84. The maximum atomic E-state index is 8.60. The number of allylic oxidation sites excluding steroid dienone is 1. The molecule has 0 rings (SSSR count). The first-order valence-corrected chi connectivity index (χ1v) is 3.47. The van der Waals surface area contributed by atoms with Gasteiger partial charge in [-0.3, -0.25) is 0 Å². The van der Waals surface area contributed by atoms with Gasteiger partial charge >= 0.3 is 0 Å². The zero-order valence-electron chi connectivity index (χ0n) is 6.85. The lowest BCUT2D eigenvalue weighted by Gasteiger charge is -2.22. The number of rotatable bonds is 4. The van der Waals surface area contributed by atoms with Crippen molar-refractivity contribution < 1.29 is 5.11 Å². The van der Waals surface area contributed by atoms with E-state index in [2.05, 4.69) is 13.2 Å². The summed E-state index contributed by atoms with van der Waals surface area (Å²) in [6.07, 6.45) is 2.52. The van der Waals surface area contributed by atoms with Crippen molar-refractivity contribution in [2.24, 2.45) is 5.41 Å². The van der Waals surface area contributed by atoms with Gasteiger partial charge in [-0.25, -0.2) is 0 Å². The van der Waals surface area contributed by atoms with Crippen LogP contribution in [0.2, 0.25) is 0 Å². The van der Waals surface area contributed by atoms with Gasteiger partial charge in [0.1, 0.15) is 0 Å². The van der Waals surface area contributed by atoms with E-state index < -0.39 is 0 Å². The number of hydrogen-bond acceptors (Lipinski definition) is 1. The lowest BCUT2D eigenvalue weighted by molar-refractivity contribution is 0.291. The molecular weight excluding hydrogens is 124 g/mol. The van der Waals surface area contributed by atoms with E-state index in [0.29, 0.717) is 6.42 Å². The predicted molar refractivity (Wildman–Crippen MR) is 44.8 cm³/mol. The van der Waals surface area contributed by atoms with Gasteiger partial charge in [-0.05, 0) is 6.42 Å². The van der Waals surface area contributed by atoms with Crippen LogP contribution in [0.3, 0.4) is 0 Å².